The van der Waals surface area contributed by atoms with Gasteiger partial charge in [0.05, 0.1) is 17.0 Å². The van der Waals surface area contributed by atoms with Crippen LogP contribution in [0.5, 0.6) is 0 Å². The first-order valence-electron chi connectivity index (χ1n) is 10.5. The molecular formula is C26H22N2O3. The molecule has 2 aromatic heterocycles. The van der Waals surface area contributed by atoms with Crippen LogP contribution in [0.3, 0.4) is 0 Å². The van der Waals surface area contributed by atoms with E-state index in [1.54, 1.807) is 23.4 Å². The van der Waals surface area contributed by atoms with Crippen LogP contribution < -0.4 is 5.43 Å². The summed E-state index contributed by atoms with van der Waals surface area (Å²) < 4.78 is 6.02. The Morgan fingerprint density at radius 3 is 2.58 bits per heavy atom. The van der Waals surface area contributed by atoms with Gasteiger partial charge in [0.15, 0.2) is 5.43 Å². The Balaban J connectivity index is 1.65. The van der Waals surface area contributed by atoms with Gasteiger partial charge in [0.1, 0.15) is 5.58 Å². The fourth-order valence-corrected chi connectivity index (χ4v) is 4.30. The summed E-state index contributed by atoms with van der Waals surface area (Å²) in [5, 5.41) is 0.518. The van der Waals surface area contributed by atoms with Gasteiger partial charge in [-0.05, 0) is 47.7 Å². The molecule has 3 heterocycles. The van der Waals surface area contributed by atoms with E-state index < -0.39 is 6.04 Å². The second-order valence-corrected chi connectivity index (χ2v) is 7.78. The van der Waals surface area contributed by atoms with Gasteiger partial charge < -0.3 is 9.32 Å². The van der Waals surface area contributed by atoms with Crippen molar-refractivity contribution in [1.29, 1.82) is 0 Å². The summed E-state index contributed by atoms with van der Waals surface area (Å²) in [6.07, 6.45) is 4.91. The number of rotatable bonds is 5. The molecule has 0 bridgehead atoms. The average molecular weight is 410 g/mol. The van der Waals surface area contributed by atoms with Crippen LogP contribution in [0.2, 0.25) is 0 Å². The molecule has 4 aromatic rings. The highest BCUT2D eigenvalue weighted by Gasteiger charge is 2.42. The number of carbonyl (C=O) groups excluding carboxylic acids is 1. The molecule has 31 heavy (non-hydrogen) atoms. The molecule has 5 nitrogen and oxygen atoms in total. The van der Waals surface area contributed by atoms with E-state index in [1.807, 2.05) is 61.5 Å². The van der Waals surface area contributed by atoms with E-state index in [1.165, 1.54) is 0 Å². The molecule has 0 fully saturated rings. The summed E-state index contributed by atoms with van der Waals surface area (Å²) in [5.74, 6) is -0.109. The van der Waals surface area contributed by atoms with Crippen LogP contribution in [-0.4, -0.2) is 22.3 Å². The van der Waals surface area contributed by atoms with Gasteiger partial charge in [0.25, 0.3) is 5.91 Å². The lowest BCUT2D eigenvalue weighted by Crippen LogP contribution is -2.31. The van der Waals surface area contributed by atoms with Crippen molar-refractivity contribution in [3.05, 3.63) is 111 Å². The molecule has 154 valence electrons. The van der Waals surface area contributed by atoms with E-state index in [9.17, 15) is 9.59 Å². The van der Waals surface area contributed by atoms with E-state index in [2.05, 4.69) is 4.98 Å². The maximum atomic E-state index is 13.6. The highest BCUT2D eigenvalue weighted by molar-refractivity contribution is 5.99. The zero-order valence-electron chi connectivity index (χ0n) is 17.2. The van der Waals surface area contributed by atoms with E-state index in [-0.39, 0.29) is 17.1 Å². The number of aryl methyl sites for hydroxylation is 1. The lowest BCUT2D eigenvalue weighted by Gasteiger charge is -2.24. The molecular weight excluding hydrogens is 388 g/mol. The maximum Gasteiger partial charge on any atom is 0.290 e. The van der Waals surface area contributed by atoms with Crippen LogP contribution >= 0.6 is 0 Å². The molecule has 1 aliphatic heterocycles. The van der Waals surface area contributed by atoms with Crippen LogP contribution in [0.4, 0.5) is 0 Å². The standard InChI is InChI=1S/C26H22N2O3/c1-2-17-10-11-21-20(15-17)24(29)22-23(19-9-6-13-27-16-19)28(26(30)25(22)31-21)14-12-18-7-4-3-5-8-18/h3-11,13,15-16,23H,2,12,14H2,1H3. The quantitative estimate of drug-likeness (QED) is 0.485. The number of hydrogen-bond acceptors (Lipinski definition) is 4. The van der Waals surface area contributed by atoms with Gasteiger partial charge in [-0.1, -0.05) is 49.4 Å². The van der Waals surface area contributed by atoms with Crippen molar-refractivity contribution in [3.63, 3.8) is 0 Å². The molecule has 0 saturated heterocycles. The number of amides is 1. The Morgan fingerprint density at radius 1 is 1.00 bits per heavy atom. The molecule has 2 aromatic carbocycles. The summed E-state index contributed by atoms with van der Waals surface area (Å²) in [6, 6.07) is 18.8. The molecule has 0 aliphatic carbocycles. The minimum atomic E-state index is -0.508. The van der Waals surface area contributed by atoms with Crippen LogP contribution in [-0.2, 0) is 12.8 Å². The predicted octanol–water partition coefficient (Wildman–Crippen LogP) is 4.54. The van der Waals surface area contributed by atoms with E-state index >= 15 is 0 Å². The van der Waals surface area contributed by atoms with Gasteiger partial charge >= 0.3 is 0 Å². The molecule has 0 radical (unpaired) electrons. The van der Waals surface area contributed by atoms with Crippen molar-refractivity contribution in [2.24, 2.45) is 0 Å². The third-order valence-corrected chi connectivity index (χ3v) is 5.92. The Labute approximate surface area is 180 Å². The number of benzene rings is 2. The highest BCUT2D eigenvalue weighted by Crippen LogP contribution is 2.38. The normalized spacial score (nSPS) is 15.5. The van der Waals surface area contributed by atoms with Crippen molar-refractivity contribution < 1.29 is 9.21 Å². The number of hydrogen-bond donors (Lipinski definition) is 0. The molecule has 1 unspecified atom stereocenters. The van der Waals surface area contributed by atoms with E-state index in [0.29, 0.717) is 29.5 Å². The van der Waals surface area contributed by atoms with Crippen LogP contribution in [0.15, 0.2) is 82.3 Å². The number of pyridine rings is 1. The Bertz CT molecular complexity index is 1310. The molecule has 0 saturated carbocycles. The zero-order valence-corrected chi connectivity index (χ0v) is 17.2. The lowest BCUT2D eigenvalue weighted by molar-refractivity contribution is 0.0730. The second kappa shape index (κ2) is 7.84. The minimum absolute atomic E-state index is 0.142. The first kappa shape index (κ1) is 19.2. The van der Waals surface area contributed by atoms with Gasteiger partial charge in [-0.2, -0.15) is 0 Å². The van der Waals surface area contributed by atoms with Crippen molar-refractivity contribution >= 4 is 16.9 Å². The van der Waals surface area contributed by atoms with Gasteiger partial charge in [-0.3, -0.25) is 14.6 Å². The van der Waals surface area contributed by atoms with Gasteiger partial charge in [-0.15, -0.1) is 0 Å². The third kappa shape index (κ3) is 3.32. The van der Waals surface area contributed by atoms with Crippen molar-refractivity contribution in [1.82, 2.24) is 9.88 Å². The summed E-state index contributed by atoms with van der Waals surface area (Å²) in [4.78, 5) is 32.9. The predicted molar refractivity (Wildman–Crippen MR) is 119 cm³/mol. The Kier molecular flexibility index (Phi) is 4.86. The second-order valence-electron chi connectivity index (χ2n) is 7.78. The minimum Gasteiger partial charge on any atom is -0.450 e. The first-order valence-corrected chi connectivity index (χ1v) is 10.5. The van der Waals surface area contributed by atoms with Crippen LogP contribution in [0.25, 0.3) is 11.0 Å². The van der Waals surface area contributed by atoms with Crippen molar-refractivity contribution in [2.45, 2.75) is 25.8 Å². The topological polar surface area (TPSA) is 63.4 Å². The fourth-order valence-electron chi connectivity index (χ4n) is 4.30. The summed E-state index contributed by atoms with van der Waals surface area (Å²) in [6.45, 7) is 2.52. The monoisotopic (exact) mass is 410 g/mol. The summed E-state index contributed by atoms with van der Waals surface area (Å²) >= 11 is 0. The van der Waals surface area contributed by atoms with E-state index in [0.717, 1.165) is 23.1 Å². The fraction of sp³-hybridized carbons (Fsp3) is 0.192. The largest absolute Gasteiger partial charge is 0.450 e. The van der Waals surface area contributed by atoms with Gasteiger partial charge in [0, 0.05) is 18.9 Å². The van der Waals surface area contributed by atoms with Crippen LogP contribution in [0.1, 0.15) is 45.8 Å². The number of aromatic nitrogens is 1. The molecule has 1 atom stereocenters. The Morgan fingerprint density at radius 2 is 1.84 bits per heavy atom. The maximum absolute atomic E-state index is 13.6. The summed E-state index contributed by atoms with van der Waals surface area (Å²) in [7, 11) is 0. The average Bonchev–Trinajstić information content (AvgIpc) is 3.10. The van der Waals surface area contributed by atoms with Crippen molar-refractivity contribution in [3.8, 4) is 0 Å². The third-order valence-electron chi connectivity index (χ3n) is 5.92. The molecule has 0 spiro atoms. The van der Waals surface area contributed by atoms with Crippen molar-refractivity contribution in [2.75, 3.05) is 6.54 Å². The molecule has 5 heteroatoms. The number of nitrogens with zero attached hydrogens (tertiary/aromatic N) is 2. The zero-order chi connectivity index (χ0) is 21.4. The van der Waals surface area contributed by atoms with E-state index in [4.69, 9.17) is 4.42 Å². The SMILES string of the molecule is CCc1ccc2oc3c(c(=O)c2c1)C(c1cccnc1)N(CCc1ccccc1)C3=O. The molecule has 0 N–H and O–H groups in total. The molecule has 1 aliphatic rings. The number of fused-ring (bicyclic) bond motifs is 2. The molecule has 5 rings (SSSR count). The smallest absolute Gasteiger partial charge is 0.290 e. The first-order chi connectivity index (χ1) is 15.2. The Hall–Kier alpha value is -3.73. The molecule has 1 amide bonds. The summed E-state index contributed by atoms with van der Waals surface area (Å²) in [5.41, 5.74) is 3.71. The van der Waals surface area contributed by atoms with Crippen LogP contribution in [0, 0.1) is 0 Å². The van der Waals surface area contributed by atoms with Gasteiger partial charge in [-0.25, -0.2) is 0 Å². The number of carbonyl (C=O) groups is 1. The lowest BCUT2D eigenvalue weighted by atomic mass is 9.99. The van der Waals surface area contributed by atoms with Gasteiger partial charge in [0.2, 0.25) is 5.76 Å². The highest BCUT2D eigenvalue weighted by atomic mass is 16.3.